The van der Waals surface area contributed by atoms with Crippen LogP contribution in [0.25, 0.3) is 0 Å². The summed E-state index contributed by atoms with van der Waals surface area (Å²) in [7, 11) is -0.795. The van der Waals surface area contributed by atoms with Crippen molar-refractivity contribution >= 4 is 16.7 Å². The fraction of sp³-hybridized carbons (Fsp3) is 0.909. The molecule has 0 aromatic rings. The lowest BCUT2D eigenvalue weighted by atomic mass is 10.3. The fourth-order valence-corrected chi connectivity index (χ4v) is 1.80. The molecule has 1 fully saturated rings. The van der Waals surface area contributed by atoms with E-state index in [1.165, 1.54) is 12.8 Å². The van der Waals surface area contributed by atoms with E-state index in [1.54, 1.807) is 6.26 Å². The fourth-order valence-electron chi connectivity index (χ4n) is 1.36. The highest BCUT2D eigenvalue weighted by atomic mass is 32.2. The van der Waals surface area contributed by atoms with Crippen molar-refractivity contribution in [2.24, 2.45) is 5.92 Å². The smallest absolute Gasteiger partial charge is 0.233 e. The van der Waals surface area contributed by atoms with E-state index in [0.29, 0.717) is 13.1 Å². The maximum absolute atomic E-state index is 11.3. The third kappa shape index (κ3) is 6.23. The first-order chi connectivity index (χ1) is 7.59. The lowest BCUT2D eigenvalue weighted by molar-refractivity contribution is -0.120. The van der Waals surface area contributed by atoms with Crippen LogP contribution in [-0.4, -0.2) is 41.3 Å². The molecule has 0 heterocycles. The predicted molar refractivity (Wildman–Crippen MR) is 66.7 cm³/mol. The van der Waals surface area contributed by atoms with E-state index in [0.717, 1.165) is 18.9 Å². The van der Waals surface area contributed by atoms with Gasteiger partial charge in [0, 0.05) is 28.9 Å². The predicted octanol–water partition coefficient (Wildman–Crippen LogP) is 0.259. The number of carbonyl (C=O) groups is 1. The van der Waals surface area contributed by atoms with Crippen LogP contribution in [0.4, 0.5) is 0 Å². The monoisotopic (exact) mass is 246 g/mol. The van der Waals surface area contributed by atoms with Gasteiger partial charge in [0.1, 0.15) is 0 Å². The molecule has 5 heteroatoms. The summed E-state index contributed by atoms with van der Waals surface area (Å²) in [6, 6.07) is 0. The van der Waals surface area contributed by atoms with Gasteiger partial charge >= 0.3 is 0 Å². The molecule has 0 aromatic carbocycles. The van der Waals surface area contributed by atoms with Gasteiger partial charge in [-0.05, 0) is 31.7 Å². The van der Waals surface area contributed by atoms with Gasteiger partial charge < -0.3 is 10.6 Å². The topological polar surface area (TPSA) is 58.2 Å². The minimum Gasteiger partial charge on any atom is -0.355 e. The van der Waals surface area contributed by atoms with Gasteiger partial charge in [0.25, 0.3) is 0 Å². The highest BCUT2D eigenvalue weighted by Gasteiger charge is 2.20. The molecule has 2 atom stereocenters. The number of amides is 1. The highest BCUT2D eigenvalue weighted by Crippen LogP contribution is 2.27. The molecule has 16 heavy (non-hydrogen) atoms. The summed E-state index contributed by atoms with van der Waals surface area (Å²) in [5.41, 5.74) is 0. The maximum Gasteiger partial charge on any atom is 0.233 e. The van der Waals surface area contributed by atoms with Crippen LogP contribution in [0.15, 0.2) is 0 Å². The lowest BCUT2D eigenvalue weighted by Crippen LogP contribution is -2.36. The molecule has 94 valence electrons. The standard InChI is InChI=1S/C11H22N2O2S/c1-9(16(2)15)5-6-13-11(14)8-12-7-10-3-4-10/h9-10,12H,3-8H2,1-2H3,(H,13,14). The van der Waals surface area contributed by atoms with Crippen LogP contribution in [0.3, 0.4) is 0 Å². The molecule has 0 aliphatic heterocycles. The molecule has 1 rings (SSSR count). The molecule has 0 bridgehead atoms. The van der Waals surface area contributed by atoms with Crippen molar-refractivity contribution in [3.8, 4) is 0 Å². The van der Waals surface area contributed by atoms with Crippen LogP contribution in [-0.2, 0) is 15.6 Å². The second-order valence-electron chi connectivity index (χ2n) is 4.52. The van der Waals surface area contributed by atoms with Crippen molar-refractivity contribution in [2.75, 3.05) is 25.9 Å². The summed E-state index contributed by atoms with van der Waals surface area (Å²) >= 11 is 0. The summed E-state index contributed by atoms with van der Waals surface area (Å²) in [5.74, 6) is 0.838. The van der Waals surface area contributed by atoms with E-state index in [9.17, 15) is 9.00 Å². The van der Waals surface area contributed by atoms with Gasteiger partial charge in [-0.2, -0.15) is 0 Å². The van der Waals surface area contributed by atoms with Crippen LogP contribution < -0.4 is 10.6 Å². The van der Waals surface area contributed by atoms with Crippen molar-refractivity contribution in [1.29, 1.82) is 0 Å². The first kappa shape index (κ1) is 13.6. The van der Waals surface area contributed by atoms with E-state index in [4.69, 9.17) is 0 Å². The van der Waals surface area contributed by atoms with Crippen LogP contribution in [0.1, 0.15) is 26.2 Å². The van der Waals surface area contributed by atoms with Crippen molar-refractivity contribution < 1.29 is 9.00 Å². The number of rotatable bonds is 8. The first-order valence-corrected chi connectivity index (χ1v) is 7.51. The number of hydrogen-bond acceptors (Lipinski definition) is 3. The van der Waals surface area contributed by atoms with Gasteiger partial charge in [-0.1, -0.05) is 6.92 Å². The zero-order valence-electron chi connectivity index (χ0n) is 10.1. The minimum absolute atomic E-state index is 0.0368. The van der Waals surface area contributed by atoms with E-state index in [-0.39, 0.29) is 11.2 Å². The summed E-state index contributed by atoms with van der Waals surface area (Å²) in [4.78, 5) is 11.3. The van der Waals surface area contributed by atoms with E-state index >= 15 is 0 Å². The van der Waals surface area contributed by atoms with Crippen molar-refractivity contribution in [1.82, 2.24) is 10.6 Å². The molecule has 0 radical (unpaired) electrons. The van der Waals surface area contributed by atoms with Gasteiger partial charge in [0.2, 0.25) is 5.91 Å². The van der Waals surface area contributed by atoms with E-state index in [2.05, 4.69) is 10.6 Å². The Hall–Kier alpha value is -0.420. The molecule has 2 unspecified atom stereocenters. The Kier molecular flexibility index (Phi) is 5.98. The number of nitrogens with one attached hydrogen (secondary N) is 2. The van der Waals surface area contributed by atoms with Gasteiger partial charge in [-0.3, -0.25) is 9.00 Å². The van der Waals surface area contributed by atoms with E-state index < -0.39 is 10.8 Å². The third-order valence-corrected chi connectivity index (χ3v) is 4.22. The molecule has 0 spiro atoms. The van der Waals surface area contributed by atoms with Crippen LogP contribution in [0.5, 0.6) is 0 Å². The number of carbonyl (C=O) groups excluding carboxylic acids is 1. The largest absolute Gasteiger partial charge is 0.355 e. The summed E-state index contributed by atoms with van der Waals surface area (Å²) in [5, 5.41) is 6.12. The zero-order valence-corrected chi connectivity index (χ0v) is 10.9. The second kappa shape index (κ2) is 7.01. The second-order valence-corrected chi connectivity index (χ2v) is 6.32. The van der Waals surface area contributed by atoms with Crippen LogP contribution in [0, 0.1) is 5.92 Å². The molecule has 1 saturated carbocycles. The zero-order chi connectivity index (χ0) is 12.0. The minimum atomic E-state index is -0.795. The van der Waals surface area contributed by atoms with Crippen LogP contribution >= 0.6 is 0 Å². The molecule has 1 aliphatic carbocycles. The molecule has 1 amide bonds. The Morgan fingerprint density at radius 1 is 1.50 bits per heavy atom. The molecule has 1 aliphatic rings. The normalized spacial score (nSPS) is 19.1. The molecule has 0 aromatic heterocycles. The summed E-state index contributed by atoms with van der Waals surface area (Å²) in [6.07, 6.45) is 5.07. The Labute approximate surface area is 100 Å². The number of hydrogen-bond donors (Lipinski definition) is 2. The maximum atomic E-state index is 11.3. The average Bonchev–Trinajstić information content (AvgIpc) is 3.01. The van der Waals surface area contributed by atoms with Crippen molar-refractivity contribution in [3.05, 3.63) is 0 Å². The molecule has 0 saturated heterocycles. The molecule has 2 N–H and O–H groups in total. The Balaban J connectivity index is 1.94. The SMILES string of the molecule is CC(CCNC(=O)CNCC1CC1)S(C)=O. The molecular formula is C11H22N2O2S. The van der Waals surface area contributed by atoms with Gasteiger partial charge in [-0.25, -0.2) is 0 Å². The first-order valence-electron chi connectivity index (χ1n) is 5.89. The Bertz CT molecular complexity index is 254. The lowest BCUT2D eigenvalue weighted by Gasteiger charge is -2.09. The van der Waals surface area contributed by atoms with Crippen molar-refractivity contribution in [3.63, 3.8) is 0 Å². The Morgan fingerprint density at radius 2 is 2.19 bits per heavy atom. The van der Waals surface area contributed by atoms with Crippen molar-refractivity contribution in [2.45, 2.75) is 31.4 Å². The van der Waals surface area contributed by atoms with Gasteiger partial charge in [-0.15, -0.1) is 0 Å². The summed E-state index contributed by atoms with van der Waals surface area (Å²) < 4.78 is 11.1. The molecule has 4 nitrogen and oxygen atoms in total. The third-order valence-electron chi connectivity index (χ3n) is 2.86. The average molecular weight is 246 g/mol. The Morgan fingerprint density at radius 3 is 2.75 bits per heavy atom. The summed E-state index contributed by atoms with van der Waals surface area (Å²) in [6.45, 7) is 3.92. The highest BCUT2D eigenvalue weighted by molar-refractivity contribution is 7.84. The quantitative estimate of drug-likeness (QED) is 0.646. The van der Waals surface area contributed by atoms with Gasteiger partial charge in [0.05, 0.1) is 6.54 Å². The van der Waals surface area contributed by atoms with Gasteiger partial charge in [0.15, 0.2) is 0 Å². The van der Waals surface area contributed by atoms with E-state index in [1.807, 2.05) is 6.92 Å². The molecular weight excluding hydrogens is 224 g/mol. The van der Waals surface area contributed by atoms with Crippen LogP contribution in [0.2, 0.25) is 0 Å².